The molecular weight excluding hydrogens is 861 g/mol. The molecular formula is C53H80O14. The first-order valence-corrected chi connectivity index (χ1v) is 23.5. The molecule has 14 heteroatoms. The zero-order valence-corrected chi connectivity index (χ0v) is 43.8. The number of carbonyl (C=O) groups is 4. The molecule has 0 aromatic heterocycles. The van der Waals surface area contributed by atoms with E-state index in [1.54, 1.807) is 41.5 Å². The van der Waals surface area contributed by atoms with Crippen LogP contribution in [0.5, 0.6) is 11.5 Å². The molecule has 2 aliphatic rings. The van der Waals surface area contributed by atoms with Crippen LogP contribution in [0.2, 0.25) is 0 Å². The van der Waals surface area contributed by atoms with E-state index in [0.29, 0.717) is 50.8 Å². The second kappa shape index (κ2) is 21.2. The van der Waals surface area contributed by atoms with Crippen LogP contribution >= 0.6 is 0 Å². The first-order valence-electron chi connectivity index (χ1n) is 23.5. The molecule has 2 aromatic carbocycles. The van der Waals surface area contributed by atoms with Crippen LogP contribution in [0.1, 0.15) is 157 Å². The number of esters is 2. The van der Waals surface area contributed by atoms with Crippen LogP contribution in [0.3, 0.4) is 0 Å². The summed E-state index contributed by atoms with van der Waals surface area (Å²) in [5, 5.41) is 0. The Balaban J connectivity index is 1.22. The minimum atomic E-state index is -0.763. The third-order valence-electron chi connectivity index (χ3n) is 11.3. The van der Waals surface area contributed by atoms with Crippen LogP contribution in [-0.4, -0.2) is 87.7 Å². The van der Waals surface area contributed by atoms with Crippen molar-refractivity contribution < 1.29 is 66.5 Å². The summed E-state index contributed by atoms with van der Waals surface area (Å²) in [6.45, 7) is 35.9. The highest BCUT2D eigenvalue weighted by atomic mass is 16.7. The van der Waals surface area contributed by atoms with E-state index < -0.39 is 52.3 Å². The highest BCUT2D eigenvalue weighted by Gasteiger charge is 2.48. The van der Waals surface area contributed by atoms with E-state index in [9.17, 15) is 19.2 Å². The Morgan fingerprint density at radius 3 is 1.12 bits per heavy atom. The zero-order chi connectivity index (χ0) is 50.6. The molecule has 0 N–H and O–H groups in total. The minimum Gasteiger partial charge on any atom is -0.465 e. The first kappa shape index (κ1) is 55.4. The number of ether oxygens (including phenoxy) is 10. The van der Waals surface area contributed by atoms with Gasteiger partial charge in [-0.1, -0.05) is 93.5 Å². The van der Waals surface area contributed by atoms with E-state index in [4.69, 9.17) is 47.4 Å². The van der Waals surface area contributed by atoms with Crippen LogP contribution in [0, 0.1) is 30.1 Å². The van der Waals surface area contributed by atoms with E-state index in [-0.39, 0.29) is 48.8 Å². The molecule has 0 amide bonds. The van der Waals surface area contributed by atoms with Gasteiger partial charge in [0.05, 0.1) is 31.8 Å². The number of aryl methyl sites for hydroxylation is 4. The average molecular weight is 941 g/mol. The maximum atomic E-state index is 13.0. The van der Waals surface area contributed by atoms with E-state index in [2.05, 4.69) is 0 Å². The van der Waals surface area contributed by atoms with Crippen molar-refractivity contribution >= 4 is 24.2 Å². The van der Waals surface area contributed by atoms with Crippen molar-refractivity contribution in [1.82, 2.24) is 0 Å². The second-order valence-corrected chi connectivity index (χ2v) is 23.9. The second-order valence-electron chi connectivity index (χ2n) is 23.9. The predicted molar refractivity (Wildman–Crippen MR) is 253 cm³/mol. The number of carbonyl (C=O) groups excluding carboxylic acids is 4. The van der Waals surface area contributed by atoms with Crippen molar-refractivity contribution in [1.29, 1.82) is 0 Å². The largest absolute Gasteiger partial charge is 0.514 e. The van der Waals surface area contributed by atoms with Crippen LogP contribution in [0.15, 0.2) is 24.3 Å². The average Bonchev–Trinajstić information content (AvgIpc) is 3.17. The Hall–Kier alpha value is -4.24. The highest BCUT2D eigenvalue weighted by molar-refractivity contribution is 5.71. The van der Waals surface area contributed by atoms with Crippen LogP contribution in [0.25, 0.3) is 0 Å². The lowest BCUT2D eigenvalue weighted by molar-refractivity contribution is -0.337. The zero-order valence-electron chi connectivity index (χ0n) is 43.8. The molecule has 376 valence electrons. The third-order valence-corrected chi connectivity index (χ3v) is 11.3. The molecule has 4 rings (SSSR count). The van der Waals surface area contributed by atoms with Gasteiger partial charge in [-0.2, -0.15) is 0 Å². The van der Waals surface area contributed by atoms with Gasteiger partial charge in [0.2, 0.25) is 0 Å². The lowest BCUT2D eigenvalue weighted by atomic mass is 9.83. The van der Waals surface area contributed by atoms with Gasteiger partial charge in [0.25, 0.3) is 0 Å². The monoisotopic (exact) mass is 941 g/mol. The molecule has 67 heavy (non-hydrogen) atoms. The summed E-state index contributed by atoms with van der Waals surface area (Å²) in [6.07, 6.45) is -1.56. The molecule has 0 unspecified atom stereocenters. The van der Waals surface area contributed by atoms with Gasteiger partial charge in [0.15, 0.2) is 12.6 Å². The van der Waals surface area contributed by atoms with Gasteiger partial charge in [0.1, 0.15) is 35.9 Å². The number of hydrogen-bond donors (Lipinski definition) is 0. The maximum Gasteiger partial charge on any atom is 0.514 e. The van der Waals surface area contributed by atoms with Crippen molar-refractivity contribution in [2.24, 2.45) is 16.2 Å². The molecule has 2 aromatic rings. The standard InChI is InChI=1S/C53H80O14/c1-33-23-35(25-37(47(3,4)5)41(33)64-45(56)66-49(9,10)11)19-21-39(54)58-27-51(15,16)43-60-29-53(30-61-43)31-62-44(63-32-53)52(17,18)28-59-40(55)22-20-36-24-34(2)42(38(26-36)48(6,7)8)65-46(57)67-50(12,13)14/h23-26,43-44H,19-22,27-32H2,1-18H3. The molecule has 0 saturated carbocycles. The van der Waals surface area contributed by atoms with Gasteiger partial charge >= 0.3 is 24.2 Å². The SMILES string of the molecule is Cc1cc(CCC(=O)OCC(C)(C)C2OCC3(CO2)COC(C(C)(C)COC(=O)CCc2cc(C)c(OC(=O)OC(C)(C)C)c(C(C)(C)C)c2)OC3)cc(C(C)(C)C)c1OC(=O)OC(C)(C)C. The van der Waals surface area contributed by atoms with E-state index >= 15 is 0 Å². The van der Waals surface area contributed by atoms with Crippen molar-refractivity contribution in [2.45, 2.75) is 185 Å². The van der Waals surface area contributed by atoms with Crippen molar-refractivity contribution in [3.05, 3.63) is 57.6 Å². The number of rotatable bonds is 14. The van der Waals surface area contributed by atoms with Gasteiger partial charge < -0.3 is 47.4 Å². The number of benzene rings is 2. The highest BCUT2D eigenvalue weighted by Crippen LogP contribution is 2.40. The summed E-state index contributed by atoms with van der Waals surface area (Å²) in [6, 6.07) is 7.79. The van der Waals surface area contributed by atoms with Gasteiger partial charge in [-0.05, 0) is 101 Å². The fourth-order valence-corrected chi connectivity index (χ4v) is 7.64. The molecule has 2 heterocycles. The summed E-state index contributed by atoms with van der Waals surface area (Å²) in [4.78, 5) is 51.2. The summed E-state index contributed by atoms with van der Waals surface area (Å²) >= 11 is 0. The van der Waals surface area contributed by atoms with Crippen LogP contribution < -0.4 is 9.47 Å². The van der Waals surface area contributed by atoms with E-state index in [1.807, 2.05) is 107 Å². The molecule has 2 saturated heterocycles. The van der Waals surface area contributed by atoms with Gasteiger partial charge in [-0.25, -0.2) is 9.59 Å². The van der Waals surface area contributed by atoms with Gasteiger partial charge in [-0.3, -0.25) is 9.59 Å². The van der Waals surface area contributed by atoms with E-state index in [1.165, 1.54) is 0 Å². The topological polar surface area (TPSA) is 161 Å². The molecule has 14 nitrogen and oxygen atoms in total. The smallest absolute Gasteiger partial charge is 0.465 e. The summed E-state index contributed by atoms with van der Waals surface area (Å²) < 4.78 is 58.7. The van der Waals surface area contributed by atoms with Crippen molar-refractivity contribution in [3.8, 4) is 11.5 Å². The lowest BCUT2D eigenvalue weighted by Crippen LogP contribution is -2.57. The molecule has 0 bridgehead atoms. The summed E-state index contributed by atoms with van der Waals surface area (Å²) in [5.41, 5.74) is 1.20. The molecule has 0 radical (unpaired) electrons. The molecule has 2 fully saturated rings. The van der Waals surface area contributed by atoms with Crippen LogP contribution in [0.4, 0.5) is 9.59 Å². The Bertz CT molecular complexity index is 1900. The Labute approximate surface area is 399 Å². The van der Waals surface area contributed by atoms with Crippen LogP contribution in [-0.2, 0) is 71.2 Å². The Kier molecular flexibility index (Phi) is 17.5. The minimum absolute atomic E-state index is 0.0924. The molecule has 0 aliphatic carbocycles. The molecule has 1 spiro atoms. The maximum absolute atomic E-state index is 13.0. The third kappa shape index (κ3) is 16.5. The van der Waals surface area contributed by atoms with Gasteiger partial charge in [0, 0.05) is 34.8 Å². The fourth-order valence-electron chi connectivity index (χ4n) is 7.64. The molecule has 0 atom stereocenters. The fraction of sp³-hybridized carbons (Fsp3) is 0.698. The summed E-state index contributed by atoms with van der Waals surface area (Å²) in [5.74, 6) is 0.235. The quantitative estimate of drug-likeness (QED) is 0.0999. The predicted octanol–water partition coefficient (Wildman–Crippen LogP) is 11.0. The normalized spacial score (nSPS) is 19.7. The first-order chi connectivity index (χ1) is 30.6. The lowest BCUT2D eigenvalue weighted by Gasteiger charge is -2.48. The molecule has 2 aliphatic heterocycles. The van der Waals surface area contributed by atoms with E-state index in [0.717, 1.165) is 33.4 Å². The number of hydrogen-bond acceptors (Lipinski definition) is 14. The Morgan fingerprint density at radius 1 is 0.522 bits per heavy atom. The van der Waals surface area contributed by atoms with Gasteiger partial charge in [-0.15, -0.1) is 0 Å². The van der Waals surface area contributed by atoms with Crippen molar-refractivity contribution in [2.75, 3.05) is 39.6 Å². The summed E-state index contributed by atoms with van der Waals surface area (Å²) in [7, 11) is 0. The Morgan fingerprint density at radius 2 is 0.836 bits per heavy atom. The van der Waals surface area contributed by atoms with Crippen molar-refractivity contribution in [3.63, 3.8) is 0 Å².